The Labute approximate surface area is 124 Å². The Kier molecular flexibility index (Phi) is 3.95. The van der Waals surface area contributed by atoms with Crippen LogP contribution in [0.25, 0.3) is 0 Å². The Morgan fingerprint density at radius 1 is 1.24 bits per heavy atom. The molecule has 0 N–H and O–H groups in total. The molecule has 1 unspecified atom stereocenters. The summed E-state index contributed by atoms with van der Waals surface area (Å²) in [6.45, 7) is 2.77. The molecule has 3 rings (SSSR count). The molecule has 7 heteroatoms. The summed E-state index contributed by atoms with van der Waals surface area (Å²) in [7, 11) is -2.85. The number of sulfone groups is 1. The lowest BCUT2D eigenvalue weighted by Gasteiger charge is -2.37. The van der Waals surface area contributed by atoms with Crippen molar-refractivity contribution in [2.45, 2.75) is 12.5 Å². The van der Waals surface area contributed by atoms with Gasteiger partial charge in [0.2, 0.25) is 0 Å². The molecule has 0 radical (unpaired) electrons. The average molecular weight is 309 g/mol. The molecule has 0 saturated carbocycles. The molecule has 114 valence electrons. The van der Waals surface area contributed by atoms with Crippen LogP contribution in [-0.4, -0.2) is 72.8 Å². The normalized spacial score (nSPS) is 25.9. The zero-order valence-corrected chi connectivity index (χ0v) is 12.6. The Morgan fingerprint density at radius 3 is 2.57 bits per heavy atom. The topological polar surface area (TPSA) is 70.6 Å². The minimum atomic E-state index is -2.85. The van der Waals surface area contributed by atoms with Crippen LogP contribution in [0.3, 0.4) is 0 Å². The number of rotatable bonds is 2. The molecule has 0 aromatic carbocycles. The van der Waals surface area contributed by atoms with Gasteiger partial charge in [-0.2, -0.15) is 0 Å². The van der Waals surface area contributed by atoms with E-state index in [0.29, 0.717) is 24.4 Å². The molecule has 1 amide bonds. The second-order valence-corrected chi connectivity index (χ2v) is 7.86. The van der Waals surface area contributed by atoms with Gasteiger partial charge in [0.25, 0.3) is 5.91 Å². The number of pyridine rings is 1. The van der Waals surface area contributed by atoms with Crippen LogP contribution in [0.4, 0.5) is 0 Å². The van der Waals surface area contributed by atoms with Gasteiger partial charge in [-0.25, -0.2) is 8.42 Å². The van der Waals surface area contributed by atoms with Crippen LogP contribution in [0.5, 0.6) is 0 Å². The second-order valence-electron chi connectivity index (χ2n) is 5.63. The zero-order valence-electron chi connectivity index (χ0n) is 11.8. The SMILES string of the molecule is O=C(c1cccnc1)N1CCN(C2CCS(=O)(=O)C2)CC1. The van der Waals surface area contributed by atoms with Crippen molar-refractivity contribution in [2.24, 2.45) is 0 Å². The predicted octanol–water partition coefficient (Wildman–Crippen LogP) is 0.0265. The standard InChI is InChI=1S/C14H19N3O3S/c18-14(12-2-1-4-15-10-12)17-7-5-16(6-8-17)13-3-9-21(19,20)11-13/h1-2,4,10,13H,3,5-9,11H2. The first-order valence-electron chi connectivity index (χ1n) is 7.19. The third-order valence-electron chi connectivity index (χ3n) is 4.23. The van der Waals surface area contributed by atoms with Crippen molar-refractivity contribution in [3.05, 3.63) is 30.1 Å². The number of amides is 1. The molecule has 1 atom stereocenters. The average Bonchev–Trinajstić information content (AvgIpc) is 2.88. The number of hydrogen-bond donors (Lipinski definition) is 0. The summed E-state index contributed by atoms with van der Waals surface area (Å²) in [6.07, 6.45) is 3.95. The minimum Gasteiger partial charge on any atom is -0.336 e. The van der Waals surface area contributed by atoms with Gasteiger partial charge in [-0.05, 0) is 18.6 Å². The van der Waals surface area contributed by atoms with E-state index in [1.54, 1.807) is 24.5 Å². The van der Waals surface area contributed by atoms with Gasteiger partial charge in [-0.15, -0.1) is 0 Å². The first-order chi connectivity index (χ1) is 10.1. The summed E-state index contributed by atoms with van der Waals surface area (Å²) in [5.41, 5.74) is 0.606. The summed E-state index contributed by atoms with van der Waals surface area (Å²) in [6, 6.07) is 3.66. The maximum Gasteiger partial charge on any atom is 0.255 e. The predicted molar refractivity (Wildman–Crippen MR) is 78.8 cm³/mol. The van der Waals surface area contributed by atoms with Crippen LogP contribution in [0.1, 0.15) is 16.8 Å². The van der Waals surface area contributed by atoms with Crippen molar-refractivity contribution in [2.75, 3.05) is 37.7 Å². The molecule has 2 aliphatic heterocycles. The van der Waals surface area contributed by atoms with Crippen molar-refractivity contribution in [3.63, 3.8) is 0 Å². The summed E-state index contributed by atoms with van der Waals surface area (Å²) >= 11 is 0. The highest BCUT2D eigenvalue weighted by atomic mass is 32.2. The minimum absolute atomic E-state index is 0.00166. The quantitative estimate of drug-likeness (QED) is 0.770. The van der Waals surface area contributed by atoms with E-state index in [1.165, 1.54) is 0 Å². The van der Waals surface area contributed by atoms with Crippen LogP contribution in [0.15, 0.2) is 24.5 Å². The summed E-state index contributed by atoms with van der Waals surface area (Å²) < 4.78 is 23.1. The fourth-order valence-electron chi connectivity index (χ4n) is 3.03. The van der Waals surface area contributed by atoms with Gasteiger partial charge in [0.1, 0.15) is 0 Å². The van der Waals surface area contributed by atoms with Crippen molar-refractivity contribution < 1.29 is 13.2 Å². The van der Waals surface area contributed by atoms with E-state index in [1.807, 2.05) is 4.90 Å². The monoisotopic (exact) mass is 309 g/mol. The maximum absolute atomic E-state index is 12.3. The van der Waals surface area contributed by atoms with Gasteiger partial charge >= 0.3 is 0 Å². The molecule has 0 aliphatic carbocycles. The molecule has 2 aliphatic rings. The van der Waals surface area contributed by atoms with E-state index < -0.39 is 9.84 Å². The Bertz CT molecular complexity index is 610. The summed E-state index contributed by atoms with van der Waals surface area (Å²) in [4.78, 5) is 20.3. The molecular weight excluding hydrogens is 290 g/mol. The van der Waals surface area contributed by atoms with Crippen molar-refractivity contribution in [1.82, 2.24) is 14.8 Å². The van der Waals surface area contributed by atoms with E-state index in [2.05, 4.69) is 9.88 Å². The highest BCUT2D eigenvalue weighted by Gasteiger charge is 2.34. The van der Waals surface area contributed by atoms with Crippen LogP contribution < -0.4 is 0 Å². The van der Waals surface area contributed by atoms with E-state index in [4.69, 9.17) is 0 Å². The Balaban J connectivity index is 1.57. The van der Waals surface area contributed by atoms with Crippen LogP contribution >= 0.6 is 0 Å². The molecule has 21 heavy (non-hydrogen) atoms. The lowest BCUT2D eigenvalue weighted by molar-refractivity contribution is 0.0587. The van der Waals surface area contributed by atoms with Gasteiger partial charge in [-0.1, -0.05) is 0 Å². The maximum atomic E-state index is 12.3. The number of nitrogens with zero attached hydrogens (tertiary/aromatic N) is 3. The lowest BCUT2D eigenvalue weighted by Crippen LogP contribution is -2.52. The molecule has 0 bridgehead atoms. The van der Waals surface area contributed by atoms with E-state index in [0.717, 1.165) is 19.5 Å². The largest absolute Gasteiger partial charge is 0.336 e. The number of hydrogen-bond acceptors (Lipinski definition) is 5. The van der Waals surface area contributed by atoms with Crippen molar-refractivity contribution in [3.8, 4) is 0 Å². The van der Waals surface area contributed by atoms with Crippen molar-refractivity contribution >= 4 is 15.7 Å². The second kappa shape index (κ2) is 5.73. The number of carbonyl (C=O) groups excluding carboxylic acids is 1. The highest BCUT2D eigenvalue weighted by molar-refractivity contribution is 7.91. The molecule has 0 spiro atoms. The molecule has 3 heterocycles. The molecular formula is C14H19N3O3S. The van der Waals surface area contributed by atoms with Crippen LogP contribution in [-0.2, 0) is 9.84 Å². The first kappa shape index (κ1) is 14.5. The fourth-order valence-corrected chi connectivity index (χ4v) is 4.79. The molecule has 2 saturated heterocycles. The smallest absolute Gasteiger partial charge is 0.255 e. The van der Waals surface area contributed by atoms with E-state index >= 15 is 0 Å². The fraction of sp³-hybridized carbons (Fsp3) is 0.571. The zero-order chi connectivity index (χ0) is 14.9. The number of aromatic nitrogens is 1. The van der Waals surface area contributed by atoms with Crippen LogP contribution in [0.2, 0.25) is 0 Å². The van der Waals surface area contributed by atoms with Gasteiger partial charge in [0.15, 0.2) is 9.84 Å². The Morgan fingerprint density at radius 2 is 2.00 bits per heavy atom. The van der Waals surface area contributed by atoms with Gasteiger partial charge in [0.05, 0.1) is 17.1 Å². The van der Waals surface area contributed by atoms with E-state index in [9.17, 15) is 13.2 Å². The first-order valence-corrected chi connectivity index (χ1v) is 9.01. The third-order valence-corrected chi connectivity index (χ3v) is 5.99. The van der Waals surface area contributed by atoms with Gasteiger partial charge in [-0.3, -0.25) is 14.7 Å². The molecule has 1 aromatic rings. The van der Waals surface area contributed by atoms with Gasteiger partial charge in [0, 0.05) is 44.6 Å². The Hall–Kier alpha value is -1.47. The van der Waals surface area contributed by atoms with E-state index in [-0.39, 0.29) is 17.7 Å². The summed E-state index contributed by atoms with van der Waals surface area (Å²) in [5, 5.41) is 0. The van der Waals surface area contributed by atoms with Crippen LogP contribution in [0, 0.1) is 0 Å². The van der Waals surface area contributed by atoms with Gasteiger partial charge < -0.3 is 4.90 Å². The molecule has 2 fully saturated rings. The number of piperazine rings is 1. The lowest BCUT2D eigenvalue weighted by atomic mass is 10.1. The molecule has 6 nitrogen and oxygen atoms in total. The molecule has 1 aromatic heterocycles. The van der Waals surface area contributed by atoms with Crippen molar-refractivity contribution in [1.29, 1.82) is 0 Å². The highest BCUT2D eigenvalue weighted by Crippen LogP contribution is 2.19. The summed E-state index contributed by atoms with van der Waals surface area (Å²) in [5.74, 6) is 0.567. The number of carbonyl (C=O) groups is 1. The third kappa shape index (κ3) is 3.24.